The molecule has 3 N–H and O–H groups in total. The Labute approximate surface area is 353 Å². The van der Waals surface area contributed by atoms with Gasteiger partial charge in [0, 0.05) is 50.0 Å². The van der Waals surface area contributed by atoms with Crippen molar-refractivity contribution in [1.82, 2.24) is 25.0 Å². The molecule has 0 radical (unpaired) electrons. The summed E-state index contributed by atoms with van der Waals surface area (Å²) in [6.07, 6.45) is -6.05. The molecule has 3 saturated heterocycles. The third-order valence-corrected chi connectivity index (χ3v) is 11.4. The lowest BCUT2D eigenvalue weighted by molar-refractivity contribution is -0.197. The highest BCUT2D eigenvalue weighted by molar-refractivity contribution is 7.80. The highest BCUT2D eigenvalue weighted by Gasteiger charge is 2.53. The van der Waals surface area contributed by atoms with E-state index in [0.29, 0.717) is 49.5 Å². The lowest BCUT2D eigenvalue weighted by atomic mass is 9.89. The SMILES string of the molecule is CC1(C)C(=O)N(c2cnc(C#N)c(C(F)(F)F)c2)C(=S)N1C1CCC(OCCN2CCN(CC(=O)Nc3cccc(N[C@@H]4CCC(=O)NC4=O)c3)[C@@H](C(F)(F)F)C2)CC1.Cl. The molecular formula is C38H44ClF6N9O5S. The number of thiocarbonyl (C=S) groups is 1. The number of anilines is 3. The van der Waals surface area contributed by atoms with Gasteiger partial charge in [-0.1, -0.05) is 6.07 Å². The Bertz CT molecular complexity index is 2010. The van der Waals surface area contributed by atoms with Gasteiger partial charge in [-0.3, -0.25) is 39.2 Å². The van der Waals surface area contributed by atoms with Gasteiger partial charge in [-0.05, 0) is 82.4 Å². The van der Waals surface area contributed by atoms with Crippen molar-refractivity contribution in [2.45, 2.75) is 94.5 Å². The smallest absolute Gasteiger partial charge is 0.377 e. The van der Waals surface area contributed by atoms with Gasteiger partial charge in [0.1, 0.15) is 23.7 Å². The molecule has 4 aliphatic rings. The van der Waals surface area contributed by atoms with Crippen LogP contribution in [-0.4, -0.2) is 124 Å². The van der Waals surface area contributed by atoms with Crippen molar-refractivity contribution in [3.8, 4) is 6.07 Å². The van der Waals surface area contributed by atoms with Gasteiger partial charge >= 0.3 is 12.4 Å². The van der Waals surface area contributed by atoms with E-state index in [-0.39, 0.29) is 80.5 Å². The number of hydrogen-bond acceptors (Lipinski definition) is 11. The number of rotatable bonds is 11. The summed E-state index contributed by atoms with van der Waals surface area (Å²) in [5, 5.41) is 17.0. The number of hydrogen-bond donors (Lipinski definition) is 3. The lowest BCUT2D eigenvalue weighted by Crippen LogP contribution is -2.60. The standard InChI is InChI=1S/C38H43F6N9O5S.ClH/c1-36(2)34(57)52(25-17-27(37(39,40)41)29(18-45)46-19-25)35(59)53(36)24-6-8-26(9-7-24)58-15-14-50-12-13-51(30(20-50)38(42,43)44)21-32(55)48-23-5-3-4-22(16-23)47-28-10-11-31(54)49-33(28)56;/h3-5,16-17,19,24,26,28,30,47H,6-15,20-21H2,1-2H3,(H,48,55)(H,49,54,56);1H/t24?,26?,28-,30-;/m1./s1. The second-order valence-electron chi connectivity index (χ2n) is 15.5. The maximum absolute atomic E-state index is 14.3. The van der Waals surface area contributed by atoms with Crippen molar-refractivity contribution in [3.63, 3.8) is 0 Å². The predicted molar refractivity (Wildman–Crippen MR) is 212 cm³/mol. The molecule has 14 nitrogen and oxygen atoms in total. The Morgan fingerprint density at radius 1 is 1.05 bits per heavy atom. The summed E-state index contributed by atoms with van der Waals surface area (Å²) in [5.41, 5.74) is -2.67. The van der Waals surface area contributed by atoms with Crippen LogP contribution in [0.1, 0.15) is 63.6 Å². The monoisotopic (exact) mass is 887 g/mol. The number of carbonyl (C=O) groups excluding carboxylic acids is 4. The highest BCUT2D eigenvalue weighted by Crippen LogP contribution is 2.40. The average Bonchev–Trinajstić information content (AvgIpc) is 3.34. The fourth-order valence-corrected chi connectivity index (χ4v) is 8.60. The number of nitriles is 1. The van der Waals surface area contributed by atoms with E-state index < -0.39 is 65.5 Å². The molecule has 2 aromatic rings. The summed E-state index contributed by atoms with van der Waals surface area (Å²) in [7, 11) is 0. The zero-order valence-corrected chi connectivity index (χ0v) is 34.2. The fraction of sp³-hybridized carbons (Fsp3) is 0.553. The third kappa shape index (κ3) is 10.5. The van der Waals surface area contributed by atoms with Crippen molar-refractivity contribution in [1.29, 1.82) is 5.26 Å². The molecule has 0 unspecified atom stereocenters. The molecule has 1 aliphatic carbocycles. The Morgan fingerprint density at radius 2 is 1.75 bits per heavy atom. The minimum atomic E-state index is -4.88. The molecule has 22 heteroatoms. The number of piperazine rings is 1. The predicted octanol–water partition coefficient (Wildman–Crippen LogP) is 4.84. The van der Waals surface area contributed by atoms with E-state index >= 15 is 0 Å². The van der Waals surface area contributed by atoms with Crippen LogP contribution in [0, 0.1) is 11.3 Å². The first-order valence-electron chi connectivity index (χ1n) is 19.1. The number of nitrogens with one attached hydrogen (secondary N) is 3. The van der Waals surface area contributed by atoms with Gasteiger partial charge in [0.15, 0.2) is 10.8 Å². The van der Waals surface area contributed by atoms with E-state index in [1.54, 1.807) is 47.9 Å². The Kier molecular flexibility index (Phi) is 14.4. The van der Waals surface area contributed by atoms with E-state index in [9.17, 15) is 45.5 Å². The number of benzene rings is 1. The molecule has 4 fully saturated rings. The van der Waals surface area contributed by atoms with Gasteiger partial charge in [0.2, 0.25) is 17.7 Å². The summed E-state index contributed by atoms with van der Waals surface area (Å²) in [4.78, 5) is 59.2. The lowest BCUT2D eigenvalue weighted by Gasteiger charge is -2.42. The number of carbonyl (C=O) groups is 4. The number of halogens is 7. The summed E-state index contributed by atoms with van der Waals surface area (Å²) >= 11 is 5.65. The van der Waals surface area contributed by atoms with Crippen molar-refractivity contribution in [3.05, 3.63) is 47.8 Å². The quantitative estimate of drug-likeness (QED) is 0.160. The molecule has 1 aromatic heterocycles. The van der Waals surface area contributed by atoms with Crippen molar-refractivity contribution < 1.29 is 50.3 Å². The molecule has 1 saturated carbocycles. The van der Waals surface area contributed by atoms with Crippen LogP contribution in [0.2, 0.25) is 0 Å². The van der Waals surface area contributed by atoms with Crippen LogP contribution in [-0.2, 0) is 30.1 Å². The number of piperidine rings is 1. The summed E-state index contributed by atoms with van der Waals surface area (Å²) in [6.45, 7) is 3.06. The normalized spacial score (nSPS) is 24.1. The summed E-state index contributed by atoms with van der Waals surface area (Å²) in [5.74, 6) is -2.00. The first-order chi connectivity index (χ1) is 27.8. The van der Waals surface area contributed by atoms with E-state index in [4.69, 9.17) is 22.2 Å². The van der Waals surface area contributed by atoms with E-state index in [2.05, 4.69) is 20.9 Å². The number of aromatic nitrogens is 1. The van der Waals surface area contributed by atoms with E-state index in [0.717, 1.165) is 16.0 Å². The Morgan fingerprint density at radius 3 is 2.40 bits per heavy atom. The zero-order valence-electron chi connectivity index (χ0n) is 32.6. The topological polar surface area (TPSA) is 163 Å². The maximum Gasteiger partial charge on any atom is 0.419 e. The number of pyridine rings is 1. The Hall–Kier alpha value is -4.62. The maximum atomic E-state index is 14.3. The van der Waals surface area contributed by atoms with E-state index in [1.807, 2.05) is 0 Å². The molecule has 6 rings (SSSR count). The molecule has 2 atom stereocenters. The van der Waals surface area contributed by atoms with Crippen LogP contribution in [0.4, 0.5) is 43.4 Å². The van der Waals surface area contributed by atoms with Gasteiger partial charge in [0.05, 0.1) is 36.7 Å². The van der Waals surface area contributed by atoms with Crippen LogP contribution in [0.3, 0.4) is 0 Å². The van der Waals surface area contributed by atoms with Crippen molar-refractivity contribution in [2.24, 2.45) is 0 Å². The van der Waals surface area contributed by atoms with Gasteiger partial charge in [-0.15, -0.1) is 12.4 Å². The van der Waals surface area contributed by atoms with Gasteiger partial charge in [-0.25, -0.2) is 4.98 Å². The highest BCUT2D eigenvalue weighted by atomic mass is 35.5. The number of imide groups is 1. The van der Waals surface area contributed by atoms with Gasteiger partial charge in [0.25, 0.3) is 5.91 Å². The second kappa shape index (κ2) is 18.6. The van der Waals surface area contributed by atoms with Gasteiger partial charge < -0.3 is 20.3 Å². The van der Waals surface area contributed by atoms with Crippen LogP contribution in [0.5, 0.6) is 0 Å². The summed E-state index contributed by atoms with van der Waals surface area (Å²) < 4.78 is 90.0. The van der Waals surface area contributed by atoms with E-state index in [1.165, 1.54) is 6.07 Å². The van der Waals surface area contributed by atoms with Crippen LogP contribution >= 0.6 is 24.6 Å². The summed E-state index contributed by atoms with van der Waals surface area (Å²) in [6, 6.07) is 5.74. The largest absolute Gasteiger partial charge is 0.419 e. The van der Waals surface area contributed by atoms with Crippen LogP contribution in [0.15, 0.2) is 36.5 Å². The van der Waals surface area contributed by atoms with Crippen molar-refractivity contribution >= 4 is 70.4 Å². The number of alkyl halides is 6. The van der Waals surface area contributed by atoms with Crippen LogP contribution < -0.4 is 20.9 Å². The third-order valence-electron chi connectivity index (χ3n) is 11.1. The van der Waals surface area contributed by atoms with Gasteiger partial charge in [-0.2, -0.15) is 31.6 Å². The molecule has 1 aromatic carbocycles. The molecule has 4 amide bonds. The average molecular weight is 888 g/mol. The van der Waals surface area contributed by atoms with Crippen LogP contribution in [0.25, 0.3) is 0 Å². The zero-order chi connectivity index (χ0) is 42.9. The minimum absolute atomic E-state index is 0. The van der Waals surface area contributed by atoms with Crippen molar-refractivity contribution in [2.75, 3.05) is 54.9 Å². The molecule has 60 heavy (non-hydrogen) atoms. The molecule has 0 bridgehead atoms. The first kappa shape index (κ1) is 46.4. The first-order valence-corrected chi connectivity index (χ1v) is 19.5. The molecule has 4 heterocycles. The fourth-order valence-electron chi connectivity index (χ4n) is 8.03. The molecule has 0 spiro atoms. The number of amides is 4. The second-order valence-corrected chi connectivity index (χ2v) is 15.8. The molecular weight excluding hydrogens is 844 g/mol. The Balaban J connectivity index is 0.00000683. The number of ether oxygens (including phenoxy) is 1. The number of nitrogens with zero attached hydrogens (tertiary/aromatic N) is 6. The molecule has 326 valence electrons. The molecule has 3 aliphatic heterocycles. The minimum Gasteiger partial charge on any atom is -0.377 e.